The van der Waals surface area contributed by atoms with Gasteiger partial charge in [-0.2, -0.15) is 5.10 Å². The van der Waals surface area contributed by atoms with Crippen LogP contribution in [0.15, 0.2) is 12.4 Å². The summed E-state index contributed by atoms with van der Waals surface area (Å²) in [7, 11) is 1.91. The molecule has 0 aliphatic carbocycles. The van der Waals surface area contributed by atoms with Crippen LogP contribution in [0.4, 0.5) is 10.5 Å². The van der Waals surface area contributed by atoms with E-state index in [1.165, 1.54) is 17.1 Å². The van der Waals surface area contributed by atoms with Crippen LogP contribution in [0.1, 0.15) is 12.8 Å². The minimum Gasteiger partial charge on any atom is -0.480 e. The molecule has 1 aliphatic heterocycles. The van der Waals surface area contributed by atoms with E-state index in [1.54, 1.807) is 4.90 Å². The van der Waals surface area contributed by atoms with E-state index in [9.17, 15) is 9.59 Å². The van der Waals surface area contributed by atoms with Crippen LogP contribution in [0.5, 0.6) is 0 Å². The van der Waals surface area contributed by atoms with E-state index < -0.39 is 5.97 Å². The third kappa shape index (κ3) is 4.45. The van der Waals surface area contributed by atoms with Gasteiger partial charge in [0.05, 0.1) is 11.9 Å². The van der Waals surface area contributed by atoms with Gasteiger partial charge in [-0.15, -0.1) is 0 Å². The maximum absolute atomic E-state index is 12.2. The van der Waals surface area contributed by atoms with Gasteiger partial charge in [-0.3, -0.25) is 9.48 Å². The molecule has 21 heavy (non-hydrogen) atoms. The number of amides is 2. The number of anilines is 1. The maximum atomic E-state index is 12.2. The molecule has 1 aromatic rings. The fourth-order valence-electron chi connectivity index (χ4n) is 2.56. The minimum absolute atomic E-state index is 0.161. The second kappa shape index (κ2) is 7.07. The molecular weight excluding hydrogens is 274 g/mol. The quantitative estimate of drug-likeness (QED) is 0.731. The smallest absolute Gasteiger partial charge is 0.325 e. The van der Waals surface area contributed by atoms with E-state index in [2.05, 4.69) is 15.7 Å². The third-order valence-corrected chi connectivity index (χ3v) is 3.48. The Hall–Kier alpha value is -2.09. The number of nitrogens with zero attached hydrogens (tertiary/aromatic N) is 3. The topological polar surface area (TPSA) is 99.5 Å². The lowest BCUT2D eigenvalue weighted by Gasteiger charge is -2.32. The number of carboxylic acid groups (broad SMARTS) is 1. The van der Waals surface area contributed by atoms with Crippen LogP contribution in [-0.4, -0.2) is 58.5 Å². The number of hydrogen-bond acceptors (Lipinski definition) is 4. The second-order valence-electron chi connectivity index (χ2n) is 5.26. The van der Waals surface area contributed by atoms with Crippen molar-refractivity contribution in [2.75, 3.05) is 32.0 Å². The number of carbonyl (C=O) groups excluding carboxylic acids is 1. The minimum atomic E-state index is -0.970. The first-order valence-electron chi connectivity index (χ1n) is 7.03. The van der Waals surface area contributed by atoms with Gasteiger partial charge in [0.25, 0.3) is 0 Å². The molecule has 1 atom stereocenters. The Morgan fingerprint density at radius 2 is 2.33 bits per heavy atom. The van der Waals surface area contributed by atoms with Crippen LogP contribution in [0, 0.1) is 5.92 Å². The van der Waals surface area contributed by atoms with Gasteiger partial charge in [-0.05, 0) is 32.4 Å². The molecule has 0 radical (unpaired) electrons. The van der Waals surface area contributed by atoms with E-state index in [0.29, 0.717) is 11.6 Å². The summed E-state index contributed by atoms with van der Waals surface area (Å²) in [6.07, 6.45) is 5.09. The number of rotatable bonds is 5. The first-order chi connectivity index (χ1) is 10.1. The van der Waals surface area contributed by atoms with Crippen molar-refractivity contribution in [1.82, 2.24) is 20.0 Å². The Labute approximate surface area is 123 Å². The van der Waals surface area contributed by atoms with Crippen molar-refractivity contribution >= 4 is 17.7 Å². The molecule has 1 aromatic heterocycles. The van der Waals surface area contributed by atoms with Crippen molar-refractivity contribution in [3.63, 3.8) is 0 Å². The Morgan fingerprint density at radius 3 is 3.05 bits per heavy atom. The normalized spacial score (nSPS) is 18.5. The predicted molar refractivity (Wildman–Crippen MR) is 77.1 cm³/mol. The first kappa shape index (κ1) is 15.3. The molecule has 3 N–H and O–H groups in total. The Bertz CT molecular complexity index is 500. The summed E-state index contributed by atoms with van der Waals surface area (Å²) < 4.78 is 1.28. The van der Waals surface area contributed by atoms with Gasteiger partial charge in [0, 0.05) is 19.3 Å². The maximum Gasteiger partial charge on any atom is 0.325 e. The summed E-state index contributed by atoms with van der Waals surface area (Å²) in [5.74, 6) is -0.494. The van der Waals surface area contributed by atoms with Gasteiger partial charge in [-0.25, -0.2) is 4.79 Å². The van der Waals surface area contributed by atoms with Crippen LogP contribution >= 0.6 is 0 Å². The van der Waals surface area contributed by atoms with E-state index >= 15 is 0 Å². The zero-order valence-electron chi connectivity index (χ0n) is 12.1. The fraction of sp³-hybridized carbons (Fsp3) is 0.615. The van der Waals surface area contributed by atoms with Gasteiger partial charge in [0.15, 0.2) is 0 Å². The third-order valence-electron chi connectivity index (χ3n) is 3.48. The number of urea groups is 1. The zero-order chi connectivity index (χ0) is 15.2. The van der Waals surface area contributed by atoms with Crippen LogP contribution in [-0.2, 0) is 11.3 Å². The highest BCUT2D eigenvalue weighted by Gasteiger charge is 2.23. The standard InChI is InChI=1S/C13H21N5O3/c1-14-5-10-3-2-4-17(7-10)13(21)16-11-6-15-18(8-11)9-12(19)20/h6,8,10,14H,2-5,7,9H2,1H3,(H,16,21)(H,19,20). The van der Waals surface area contributed by atoms with Crippen molar-refractivity contribution < 1.29 is 14.7 Å². The number of hydrogen-bond donors (Lipinski definition) is 3. The molecule has 8 heteroatoms. The number of carboxylic acids is 1. The molecule has 1 saturated heterocycles. The Morgan fingerprint density at radius 1 is 1.52 bits per heavy atom. The van der Waals surface area contributed by atoms with Gasteiger partial charge in [0.1, 0.15) is 6.54 Å². The second-order valence-corrected chi connectivity index (χ2v) is 5.26. The van der Waals surface area contributed by atoms with Crippen molar-refractivity contribution in [3.05, 3.63) is 12.4 Å². The number of aliphatic carboxylic acids is 1. The van der Waals surface area contributed by atoms with Gasteiger partial charge < -0.3 is 20.6 Å². The van der Waals surface area contributed by atoms with Crippen molar-refractivity contribution in [2.45, 2.75) is 19.4 Å². The van der Waals surface area contributed by atoms with E-state index in [4.69, 9.17) is 5.11 Å². The van der Waals surface area contributed by atoms with E-state index in [-0.39, 0.29) is 12.6 Å². The zero-order valence-corrected chi connectivity index (χ0v) is 12.1. The number of piperidine rings is 1. The average Bonchev–Trinajstić information content (AvgIpc) is 2.86. The predicted octanol–water partition coefficient (Wildman–Crippen LogP) is 0.431. The molecule has 116 valence electrons. The van der Waals surface area contributed by atoms with E-state index in [0.717, 1.165) is 32.5 Å². The molecule has 1 aliphatic rings. The molecule has 2 heterocycles. The summed E-state index contributed by atoms with van der Waals surface area (Å²) in [4.78, 5) is 24.6. The van der Waals surface area contributed by atoms with Crippen molar-refractivity contribution in [2.24, 2.45) is 5.92 Å². The first-order valence-corrected chi connectivity index (χ1v) is 7.03. The van der Waals surface area contributed by atoms with Crippen LogP contribution in [0.25, 0.3) is 0 Å². The van der Waals surface area contributed by atoms with Crippen LogP contribution in [0.2, 0.25) is 0 Å². The Kier molecular flexibility index (Phi) is 5.15. The van der Waals surface area contributed by atoms with E-state index in [1.807, 2.05) is 7.05 Å². The molecule has 1 unspecified atom stereocenters. The lowest BCUT2D eigenvalue weighted by atomic mass is 9.98. The highest BCUT2D eigenvalue weighted by atomic mass is 16.4. The van der Waals surface area contributed by atoms with Crippen LogP contribution in [0.3, 0.4) is 0 Å². The summed E-state index contributed by atoms with van der Waals surface area (Å²) in [6.45, 7) is 2.16. The number of carbonyl (C=O) groups is 2. The molecule has 8 nitrogen and oxygen atoms in total. The Balaban J connectivity index is 1.88. The lowest BCUT2D eigenvalue weighted by molar-refractivity contribution is -0.137. The number of aromatic nitrogens is 2. The summed E-state index contributed by atoms with van der Waals surface area (Å²) in [6, 6.07) is -0.161. The van der Waals surface area contributed by atoms with Gasteiger partial charge in [-0.1, -0.05) is 0 Å². The van der Waals surface area contributed by atoms with Crippen molar-refractivity contribution in [1.29, 1.82) is 0 Å². The average molecular weight is 295 g/mol. The van der Waals surface area contributed by atoms with Crippen LogP contribution < -0.4 is 10.6 Å². The van der Waals surface area contributed by atoms with Crippen molar-refractivity contribution in [3.8, 4) is 0 Å². The van der Waals surface area contributed by atoms with Gasteiger partial charge >= 0.3 is 12.0 Å². The van der Waals surface area contributed by atoms with Gasteiger partial charge in [0.2, 0.25) is 0 Å². The SMILES string of the molecule is CNCC1CCCN(C(=O)Nc2cnn(CC(=O)O)c2)C1. The highest BCUT2D eigenvalue weighted by Crippen LogP contribution is 2.17. The number of nitrogens with one attached hydrogen (secondary N) is 2. The highest BCUT2D eigenvalue weighted by molar-refractivity contribution is 5.89. The summed E-state index contributed by atoms with van der Waals surface area (Å²) >= 11 is 0. The molecule has 0 saturated carbocycles. The molecule has 1 fully saturated rings. The largest absolute Gasteiger partial charge is 0.480 e. The molecule has 0 spiro atoms. The fourth-order valence-corrected chi connectivity index (χ4v) is 2.56. The molecule has 0 bridgehead atoms. The number of likely N-dealkylation sites (tertiary alicyclic amines) is 1. The summed E-state index contributed by atoms with van der Waals surface area (Å²) in [5, 5.41) is 18.5. The lowest BCUT2D eigenvalue weighted by Crippen LogP contribution is -2.44. The molecular formula is C13H21N5O3. The molecule has 2 rings (SSSR count). The molecule has 2 amide bonds. The summed E-state index contributed by atoms with van der Waals surface area (Å²) in [5.41, 5.74) is 0.511. The molecule has 0 aromatic carbocycles. The monoisotopic (exact) mass is 295 g/mol.